The number of thiazole rings is 1. The van der Waals surface area contributed by atoms with Gasteiger partial charge in [-0.15, -0.1) is 11.3 Å². The van der Waals surface area contributed by atoms with Crippen LogP contribution in [0, 0.1) is 0 Å². The molecule has 4 heteroatoms. The van der Waals surface area contributed by atoms with Crippen molar-refractivity contribution in [2.45, 2.75) is 52.1 Å². The van der Waals surface area contributed by atoms with E-state index in [1.165, 1.54) is 15.4 Å². The van der Waals surface area contributed by atoms with Gasteiger partial charge in [0.15, 0.2) is 0 Å². The molecule has 1 atom stereocenters. The van der Waals surface area contributed by atoms with E-state index in [-0.39, 0.29) is 5.41 Å². The molecule has 0 aliphatic heterocycles. The van der Waals surface area contributed by atoms with Crippen molar-refractivity contribution in [3.63, 3.8) is 0 Å². The van der Waals surface area contributed by atoms with E-state index in [1.54, 1.807) is 0 Å². The molecule has 21 heavy (non-hydrogen) atoms. The predicted octanol–water partition coefficient (Wildman–Crippen LogP) is 4.92. The Morgan fingerprint density at radius 1 is 1.24 bits per heavy atom. The summed E-state index contributed by atoms with van der Waals surface area (Å²) >= 11 is 5.28. The first-order valence-corrected chi connectivity index (χ1v) is 8.88. The molecular formula is C17H23BrN2S. The van der Waals surface area contributed by atoms with Gasteiger partial charge in [-0.2, -0.15) is 0 Å². The average molecular weight is 367 g/mol. The van der Waals surface area contributed by atoms with Gasteiger partial charge < -0.3 is 5.32 Å². The zero-order chi connectivity index (χ0) is 15.5. The molecule has 1 unspecified atom stereocenters. The summed E-state index contributed by atoms with van der Waals surface area (Å²) in [6.45, 7) is 9.75. The predicted molar refractivity (Wildman–Crippen MR) is 95.0 cm³/mol. The van der Waals surface area contributed by atoms with E-state index in [2.05, 4.69) is 78.2 Å². The number of hydrogen-bond acceptors (Lipinski definition) is 3. The molecule has 2 rings (SSSR count). The fourth-order valence-electron chi connectivity index (χ4n) is 2.06. The van der Waals surface area contributed by atoms with Crippen LogP contribution in [0.1, 0.15) is 43.1 Å². The van der Waals surface area contributed by atoms with E-state index in [4.69, 9.17) is 0 Å². The summed E-state index contributed by atoms with van der Waals surface area (Å²) in [4.78, 5) is 5.84. The van der Waals surface area contributed by atoms with Crippen LogP contribution in [0.4, 0.5) is 0 Å². The van der Waals surface area contributed by atoms with Crippen molar-refractivity contribution < 1.29 is 0 Å². The lowest BCUT2D eigenvalue weighted by molar-refractivity contribution is 0.548. The number of benzene rings is 1. The Morgan fingerprint density at radius 3 is 2.48 bits per heavy atom. The number of nitrogens with one attached hydrogen (secondary N) is 1. The first-order chi connectivity index (χ1) is 9.84. The summed E-state index contributed by atoms with van der Waals surface area (Å²) in [5.74, 6) is 0. The number of hydrogen-bond donors (Lipinski definition) is 1. The molecule has 0 aliphatic rings. The lowest BCUT2D eigenvalue weighted by Gasteiger charge is -2.14. The minimum absolute atomic E-state index is 0.145. The largest absolute Gasteiger partial charge is 0.309 e. The Balaban J connectivity index is 1.85. The molecular weight excluding hydrogens is 344 g/mol. The topological polar surface area (TPSA) is 24.9 Å². The molecule has 0 fully saturated rings. The van der Waals surface area contributed by atoms with Crippen LogP contribution in [0.25, 0.3) is 0 Å². The molecule has 1 N–H and O–H groups in total. The highest BCUT2D eigenvalue weighted by molar-refractivity contribution is 9.10. The van der Waals surface area contributed by atoms with Gasteiger partial charge in [0.2, 0.25) is 0 Å². The van der Waals surface area contributed by atoms with Crippen LogP contribution < -0.4 is 5.32 Å². The van der Waals surface area contributed by atoms with Gasteiger partial charge in [0.25, 0.3) is 0 Å². The summed E-state index contributed by atoms with van der Waals surface area (Å²) in [6, 6.07) is 8.99. The second-order valence-corrected chi connectivity index (χ2v) is 8.53. The molecule has 0 spiro atoms. The third-order valence-electron chi connectivity index (χ3n) is 3.28. The molecule has 2 aromatic rings. The third kappa shape index (κ3) is 5.20. The second kappa shape index (κ2) is 7.03. The minimum atomic E-state index is 0.145. The molecule has 114 valence electrons. The maximum absolute atomic E-state index is 4.53. The fourth-order valence-corrected chi connectivity index (χ4v) is 3.24. The van der Waals surface area contributed by atoms with E-state index in [0.29, 0.717) is 6.04 Å². The van der Waals surface area contributed by atoms with Crippen molar-refractivity contribution in [3.05, 3.63) is 50.4 Å². The molecule has 2 nitrogen and oxygen atoms in total. The highest BCUT2D eigenvalue weighted by Gasteiger charge is 2.18. The first-order valence-electron chi connectivity index (χ1n) is 7.27. The summed E-state index contributed by atoms with van der Waals surface area (Å²) in [5.41, 5.74) is 1.50. The Morgan fingerprint density at radius 2 is 1.90 bits per heavy atom. The van der Waals surface area contributed by atoms with Crippen LogP contribution in [-0.2, 0) is 18.4 Å². The lowest BCUT2D eigenvalue weighted by Crippen LogP contribution is -2.27. The maximum atomic E-state index is 4.53. The standard InChI is InChI=1S/C17H23BrN2S/c1-12(9-13-5-7-14(18)8-6-13)19-10-15-11-20-16(21-15)17(2,3)4/h5-8,11-12,19H,9-10H2,1-4H3. The fraction of sp³-hybridized carbons (Fsp3) is 0.471. The zero-order valence-corrected chi connectivity index (χ0v) is 15.5. The average Bonchev–Trinajstić information content (AvgIpc) is 2.88. The quantitative estimate of drug-likeness (QED) is 0.811. The minimum Gasteiger partial charge on any atom is -0.309 e. The maximum Gasteiger partial charge on any atom is 0.0981 e. The molecule has 1 aromatic heterocycles. The highest BCUT2D eigenvalue weighted by atomic mass is 79.9. The number of halogens is 1. The summed E-state index contributed by atoms with van der Waals surface area (Å²) in [7, 11) is 0. The summed E-state index contributed by atoms with van der Waals surface area (Å²) in [5, 5.41) is 4.79. The van der Waals surface area contributed by atoms with Crippen LogP contribution in [-0.4, -0.2) is 11.0 Å². The lowest BCUT2D eigenvalue weighted by atomic mass is 9.98. The van der Waals surface area contributed by atoms with Gasteiger partial charge in [-0.25, -0.2) is 4.98 Å². The van der Waals surface area contributed by atoms with Crippen molar-refractivity contribution in [2.24, 2.45) is 0 Å². The number of nitrogens with zero attached hydrogens (tertiary/aromatic N) is 1. The molecule has 1 aromatic carbocycles. The molecule has 0 radical (unpaired) electrons. The van der Waals surface area contributed by atoms with Crippen molar-refractivity contribution in [3.8, 4) is 0 Å². The summed E-state index contributed by atoms with van der Waals surface area (Å²) < 4.78 is 1.13. The van der Waals surface area contributed by atoms with Crippen LogP contribution in [0.15, 0.2) is 34.9 Å². The van der Waals surface area contributed by atoms with Gasteiger partial charge in [0, 0.05) is 33.5 Å². The van der Waals surface area contributed by atoms with E-state index in [0.717, 1.165) is 17.4 Å². The Bertz CT molecular complexity index is 569. The molecule has 0 aliphatic carbocycles. The van der Waals surface area contributed by atoms with Crippen LogP contribution in [0.5, 0.6) is 0 Å². The van der Waals surface area contributed by atoms with Crippen molar-refractivity contribution >= 4 is 27.3 Å². The van der Waals surface area contributed by atoms with Gasteiger partial charge in [-0.1, -0.05) is 48.8 Å². The van der Waals surface area contributed by atoms with Gasteiger partial charge in [-0.05, 0) is 31.0 Å². The first kappa shape index (κ1) is 16.7. The molecule has 0 saturated heterocycles. The van der Waals surface area contributed by atoms with Gasteiger partial charge >= 0.3 is 0 Å². The zero-order valence-electron chi connectivity index (χ0n) is 13.1. The van der Waals surface area contributed by atoms with E-state index >= 15 is 0 Å². The number of aromatic nitrogens is 1. The SMILES string of the molecule is CC(Cc1ccc(Br)cc1)NCc1cnc(C(C)(C)C)s1. The summed E-state index contributed by atoms with van der Waals surface area (Å²) in [6.07, 6.45) is 3.04. The molecule has 0 amide bonds. The second-order valence-electron chi connectivity index (χ2n) is 6.49. The molecule has 0 bridgehead atoms. The Labute approximate surface area is 140 Å². The normalized spacial score (nSPS) is 13.4. The van der Waals surface area contributed by atoms with Crippen LogP contribution in [0.3, 0.4) is 0 Å². The Kier molecular flexibility index (Phi) is 5.58. The monoisotopic (exact) mass is 366 g/mol. The van der Waals surface area contributed by atoms with Crippen LogP contribution >= 0.6 is 27.3 Å². The van der Waals surface area contributed by atoms with Crippen molar-refractivity contribution in [2.75, 3.05) is 0 Å². The van der Waals surface area contributed by atoms with Crippen molar-refractivity contribution in [1.82, 2.24) is 10.3 Å². The van der Waals surface area contributed by atoms with E-state index < -0.39 is 0 Å². The van der Waals surface area contributed by atoms with Crippen molar-refractivity contribution in [1.29, 1.82) is 0 Å². The van der Waals surface area contributed by atoms with E-state index in [1.807, 2.05) is 17.5 Å². The van der Waals surface area contributed by atoms with Gasteiger partial charge in [-0.3, -0.25) is 0 Å². The van der Waals surface area contributed by atoms with Gasteiger partial charge in [0.1, 0.15) is 0 Å². The number of rotatable bonds is 5. The third-order valence-corrected chi connectivity index (χ3v) is 5.23. The smallest absolute Gasteiger partial charge is 0.0981 e. The van der Waals surface area contributed by atoms with E-state index in [9.17, 15) is 0 Å². The highest BCUT2D eigenvalue weighted by Crippen LogP contribution is 2.26. The molecule has 1 heterocycles. The Hall–Kier alpha value is -0.710. The van der Waals surface area contributed by atoms with Crippen LogP contribution in [0.2, 0.25) is 0 Å². The van der Waals surface area contributed by atoms with Gasteiger partial charge in [0.05, 0.1) is 5.01 Å². The molecule has 0 saturated carbocycles.